The maximum atomic E-state index is 12.6. The van der Waals surface area contributed by atoms with Crippen molar-refractivity contribution in [2.75, 3.05) is 20.1 Å². The highest BCUT2D eigenvalue weighted by atomic mass is 127. The van der Waals surface area contributed by atoms with Crippen molar-refractivity contribution in [3.05, 3.63) is 35.4 Å². The lowest BCUT2D eigenvalue weighted by atomic mass is 10.1. The van der Waals surface area contributed by atoms with Gasteiger partial charge in [-0.3, -0.25) is 14.6 Å². The van der Waals surface area contributed by atoms with Crippen LogP contribution in [-0.4, -0.2) is 48.9 Å². The second-order valence-electron chi connectivity index (χ2n) is 7.38. The molecule has 154 valence electrons. The van der Waals surface area contributed by atoms with E-state index in [9.17, 15) is 9.59 Å². The second kappa shape index (κ2) is 10.6. The van der Waals surface area contributed by atoms with E-state index < -0.39 is 5.91 Å². The lowest BCUT2D eigenvalue weighted by Crippen LogP contribution is -2.45. The standard InChI is InChI=1S/C20H29N5O2.HI/c1-22-20(23-12-14-6-8-15(9-7-14)18(21)26)24-17-10-11-25(13-17)19(27)16-4-2-3-5-16;/h6-9,16-17H,2-5,10-13H2,1H3,(H2,21,26)(H2,22,23,24);1H. The Morgan fingerprint density at radius 3 is 2.46 bits per heavy atom. The fourth-order valence-electron chi connectivity index (χ4n) is 3.87. The molecule has 0 spiro atoms. The molecular formula is C20H30IN5O2. The van der Waals surface area contributed by atoms with Crippen LogP contribution in [0, 0.1) is 5.92 Å². The van der Waals surface area contributed by atoms with Gasteiger partial charge in [0.25, 0.3) is 0 Å². The number of aliphatic imine (C=N–C) groups is 1. The van der Waals surface area contributed by atoms with E-state index in [1.807, 2.05) is 17.0 Å². The van der Waals surface area contributed by atoms with Crippen LogP contribution in [0.25, 0.3) is 0 Å². The molecule has 1 saturated carbocycles. The number of guanidine groups is 1. The van der Waals surface area contributed by atoms with E-state index in [0.29, 0.717) is 24.0 Å². The Morgan fingerprint density at radius 2 is 1.86 bits per heavy atom. The first kappa shape index (κ1) is 22.4. The molecule has 7 nitrogen and oxygen atoms in total. The van der Waals surface area contributed by atoms with Gasteiger partial charge < -0.3 is 21.3 Å². The van der Waals surface area contributed by atoms with Crippen molar-refractivity contribution < 1.29 is 9.59 Å². The predicted molar refractivity (Wildman–Crippen MR) is 121 cm³/mol. The fraction of sp³-hybridized carbons (Fsp3) is 0.550. The Labute approximate surface area is 183 Å². The van der Waals surface area contributed by atoms with E-state index in [1.165, 1.54) is 12.8 Å². The van der Waals surface area contributed by atoms with E-state index in [1.54, 1.807) is 19.2 Å². The highest BCUT2D eigenvalue weighted by molar-refractivity contribution is 14.0. The van der Waals surface area contributed by atoms with Gasteiger partial charge in [0, 0.05) is 44.2 Å². The third-order valence-electron chi connectivity index (χ3n) is 5.47. The molecule has 0 radical (unpaired) electrons. The molecule has 8 heteroatoms. The third kappa shape index (κ3) is 5.83. The monoisotopic (exact) mass is 499 g/mol. The molecule has 28 heavy (non-hydrogen) atoms. The molecule has 3 rings (SSSR count). The molecule has 1 atom stereocenters. The largest absolute Gasteiger partial charge is 0.366 e. The number of halogens is 1. The summed E-state index contributed by atoms with van der Waals surface area (Å²) in [5.74, 6) is 0.859. The molecule has 2 aliphatic rings. The zero-order valence-corrected chi connectivity index (χ0v) is 18.6. The zero-order chi connectivity index (χ0) is 19.2. The normalized spacial score (nSPS) is 20.0. The zero-order valence-electron chi connectivity index (χ0n) is 16.3. The number of hydrogen-bond donors (Lipinski definition) is 3. The van der Waals surface area contributed by atoms with Crippen LogP contribution in [0.4, 0.5) is 0 Å². The first-order chi connectivity index (χ1) is 13.1. The number of nitrogens with two attached hydrogens (primary N) is 1. The summed E-state index contributed by atoms with van der Waals surface area (Å²) in [6.07, 6.45) is 5.40. The van der Waals surface area contributed by atoms with Crippen molar-refractivity contribution in [3.63, 3.8) is 0 Å². The van der Waals surface area contributed by atoms with Crippen molar-refractivity contribution in [2.45, 2.75) is 44.7 Å². The Kier molecular flexibility index (Phi) is 8.53. The topological polar surface area (TPSA) is 99.8 Å². The van der Waals surface area contributed by atoms with Crippen LogP contribution in [-0.2, 0) is 11.3 Å². The van der Waals surface area contributed by atoms with E-state index in [-0.39, 0.29) is 35.9 Å². The molecule has 1 aromatic rings. The van der Waals surface area contributed by atoms with Gasteiger partial charge in [-0.2, -0.15) is 0 Å². The molecule has 4 N–H and O–H groups in total. The van der Waals surface area contributed by atoms with Gasteiger partial charge >= 0.3 is 0 Å². The van der Waals surface area contributed by atoms with Gasteiger partial charge in [0.05, 0.1) is 0 Å². The molecule has 1 saturated heterocycles. The number of primary amides is 1. The van der Waals surface area contributed by atoms with Crippen LogP contribution >= 0.6 is 24.0 Å². The van der Waals surface area contributed by atoms with E-state index in [0.717, 1.165) is 37.9 Å². The first-order valence-electron chi connectivity index (χ1n) is 9.71. The molecule has 1 aromatic carbocycles. The number of carbonyl (C=O) groups excluding carboxylic acids is 2. The molecule has 2 amide bonds. The molecule has 1 aliphatic heterocycles. The summed E-state index contributed by atoms with van der Waals surface area (Å²) >= 11 is 0. The van der Waals surface area contributed by atoms with E-state index in [4.69, 9.17) is 5.73 Å². The molecule has 0 bridgehead atoms. The summed E-state index contributed by atoms with van der Waals surface area (Å²) in [5.41, 5.74) is 6.79. The molecule has 0 aromatic heterocycles. The van der Waals surface area contributed by atoms with Crippen molar-refractivity contribution in [1.29, 1.82) is 0 Å². The van der Waals surface area contributed by atoms with Gasteiger partial charge in [-0.1, -0.05) is 25.0 Å². The molecule has 1 unspecified atom stereocenters. The minimum atomic E-state index is -0.426. The van der Waals surface area contributed by atoms with E-state index >= 15 is 0 Å². The number of benzene rings is 1. The van der Waals surface area contributed by atoms with Crippen LogP contribution in [0.1, 0.15) is 48.0 Å². The Balaban J connectivity index is 0.00000280. The molecular weight excluding hydrogens is 469 g/mol. The van der Waals surface area contributed by atoms with Gasteiger partial charge in [0.15, 0.2) is 5.96 Å². The number of likely N-dealkylation sites (tertiary alicyclic amines) is 1. The molecule has 1 aliphatic carbocycles. The number of carbonyl (C=O) groups is 2. The number of nitrogens with zero attached hydrogens (tertiary/aromatic N) is 2. The average molecular weight is 499 g/mol. The van der Waals surface area contributed by atoms with Crippen molar-refractivity contribution in [1.82, 2.24) is 15.5 Å². The first-order valence-corrected chi connectivity index (χ1v) is 9.71. The maximum Gasteiger partial charge on any atom is 0.248 e. The lowest BCUT2D eigenvalue weighted by Gasteiger charge is -2.21. The van der Waals surface area contributed by atoms with Gasteiger partial charge in [0.1, 0.15) is 0 Å². The third-order valence-corrected chi connectivity index (χ3v) is 5.47. The second-order valence-corrected chi connectivity index (χ2v) is 7.38. The van der Waals surface area contributed by atoms with Crippen molar-refractivity contribution in [3.8, 4) is 0 Å². The Morgan fingerprint density at radius 1 is 1.18 bits per heavy atom. The van der Waals surface area contributed by atoms with Gasteiger partial charge in [-0.15, -0.1) is 24.0 Å². The number of hydrogen-bond acceptors (Lipinski definition) is 3. The van der Waals surface area contributed by atoms with Crippen molar-refractivity contribution >= 4 is 41.8 Å². The SMILES string of the molecule is CN=C(NCc1ccc(C(N)=O)cc1)NC1CCN(C(=O)C2CCCC2)C1.I. The van der Waals surface area contributed by atoms with Gasteiger partial charge in [0.2, 0.25) is 11.8 Å². The smallest absolute Gasteiger partial charge is 0.248 e. The summed E-state index contributed by atoms with van der Waals surface area (Å²) in [6.45, 7) is 2.15. The average Bonchev–Trinajstić information content (AvgIpc) is 3.37. The van der Waals surface area contributed by atoms with Crippen molar-refractivity contribution in [2.24, 2.45) is 16.6 Å². The quantitative estimate of drug-likeness (QED) is 0.327. The minimum absolute atomic E-state index is 0. The molecule has 2 fully saturated rings. The number of amides is 2. The van der Waals surface area contributed by atoms with Crippen LogP contribution in [0.2, 0.25) is 0 Å². The van der Waals surface area contributed by atoms with E-state index in [2.05, 4.69) is 15.6 Å². The number of nitrogens with one attached hydrogen (secondary N) is 2. The summed E-state index contributed by atoms with van der Waals surface area (Å²) < 4.78 is 0. The summed E-state index contributed by atoms with van der Waals surface area (Å²) in [4.78, 5) is 30.0. The minimum Gasteiger partial charge on any atom is -0.366 e. The number of rotatable bonds is 5. The maximum absolute atomic E-state index is 12.6. The van der Waals surface area contributed by atoms with Crippen LogP contribution < -0.4 is 16.4 Å². The van der Waals surface area contributed by atoms with Crippen LogP contribution in [0.15, 0.2) is 29.3 Å². The predicted octanol–water partition coefficient (Wildman–Crippen LogP) is 1.86. The highest BCUT2D eigenvalue weighted by Crippen LogP contribution is 2.27. The Hall–Kier alpha value is -1.84. The summed E-state index contributed by atoms with van der Waals surface area (Å²) in [6, 6.07) is 7.41. The van der Waals surface area contributed by atoms with Gasteiger partial charge in [-0.05, 0) is 37.0 Å². The van der Waals surface area contributed by atoms with Gasteiger partial charge in [-0.25, -0.2) is 0 Å². The van der Waals surface area contributed by atoms with Crippen LogP contribution in [0.5, 0.6) is 0 Å². The summed E-state index contributed by atoms with van der Waals surface area (Å²) in [5, 5.41) is 6.69. The molecule has 1 heterocycles. The summed E-state index contributed by atoms with van der Waals surface area (Å²) in [7, 11) is 1.74. The highest BCUT2D eigenvalue weighted by Gasteiger charge is 2.32. The van der Waals surface area contributed by atoms with Crippen LogP contribution in [0.3, 0.4) is 0 Å². The fourth-order valence-corrected chi connectivity index (χ4v) is 3.87. The lowest BCUT2D eigenvalue weighted by molar-refractivity contribution is -0.134. The Bertz CT molecular complexity index is 701.